The molecule has 1 unspecified atom stereocenters. The summed E-state index contributed by atoms with van der Waals surface area (Å²) < 4.78 is 0. The molecule has 1 saturated heterocycles. The van der Waals surface area contributed by atoms with E-state index in [1.807, 2.05) is 6.07 Å². The van der Waals surface area contributed by atoms with Gasteiger partial charge in [0.15, 0.2) is 0 Å². The van der Waals surface area contributed by atoms with Gasteiger partial charge in [0.1, 0.15) is 11.6 Å². The molecule has 1 atom stereocenters. The number of hydrogen-bond acceptors (Lipinski definition) is 4. The van der Waals surface area contributed by atoms with E-state index in [1.165, 1.54) is 0 Å². The van der Waals surface area contributed by atoms with Gasteiger partial charge in [-0.15, -0.1) is 0 Å². The third-order valence-corrected chi connectivity index (χ3v) is 3.40. The predicted octanol–water partition coefficient (Wildman–Crippen LogP) is 1.40. The fraction of sp³-hybridized carbons (Fsp3) is 0.385. The van der Waals surface area contributed by atoms with E-state index in [2.05, 4.69) is 20.9 Å². The van der Waals surface area contributed by atoms with Crippen molar-refractivity contribution in [3.63, 3.8) is 0 Å². The highest BCUT2D eigenvalue weighted by Gasteiger charge is 2.20. The predicted molar refractivity (Wildman–Crippen MR) is 68.3 cm³/mol. The summed E-state index contributed by atoms with van der Waals surface area (Å²) in [4.78, 5) is 9.50. The summed E-state index contributed by atoms with van der Waals surface area (Å²) in [6, 6.07) is 4.06. The average molecular weight is 242 g/mol. The Morgan fingerprint density at radius 2 is 2.44 bits per heavy atom. The van der Waals surface area contributed by atoms with Crippen LogP contribution in [0.2, 0.25) is 0 Å². The summed E-state index contributed by atoms with van der Waals surface area (Å²) in [5.41, 5.74) is 3.16. The van der Waals surface area contributed by atoms with Gasteiger partial charge in [-0.05, 0) is 18.9 Å². The number of nitriles is 1. The van der Waals surface area contributed by atoms with Crippen LogP contribution < -0.4 is 4.90 Å². The second-order valence-electron chi connectivity index (χ2n) is 4.61. The maximum Gasteiger partial charge on any atom is 0.108 e. The Morgan fingerprint density at radius 3 is 3.22 bits per heavy atom. The Kier molecular flexibility index (Phi) is 2.65. The molecule has 92 valence electrons. The number of anilines is 1. The van der Waals surface area contributed by atoms with Crippen molar-refractivity contribution in [2.45, 2.75) is 18.9 Å². The maximum absolute atomic E-state index is 9.74. The maximum atomic E-state index is 9.74. The summed E-state index contributed by atoms with van der Waals surface area (Å²) in [6.07, 6.45) is 4.97. The van der Waals surface area contributed by atoms with Crippen molar-refractivity contribution in [1.82, 2.24) is 9.97 Å². The monoisotopic (exact) mass is 242 g/mol. The van der Waals surface area contributed by atoms with Crippen LogP contribution in [-0.2, 0) is 0 Å². The summed E-state index contributed by atoms with van der Waals surface area (Å²) in [5, 5.41) is 18.7. The van der Waals surface area contributed by atoms with Gasteiger partial charge in [0, 0.05) is 25.5 Å². The minimum Gasteiger partial charge on any atom is -0.391 e. The summed E-state index contributed by atoms with van der Waals surface area (Å²) in [7, 11) is 0. The standard InChI is InChI=1S/C13H14N4O/c14-6-9-7-16-13-11(3-4-15-12(9)13)17-5-1-2-10(18)8-17/h3-4,7,10,16,18H,1-2,5,8H2. The van der Waals surface area contributed by atoms with Crippen LogP contribution >= 0.6 is 0 Å². The number of nitrogens with zero attached hydrogens (tertiary/aromatic N) is 3. The largest absolute Gasteiger partial charge is 0.391 e. The molecule has 0 bridgehead atoms. The van der Waals surface area contributed by atoms with Gasteiger partial charge in [0.2, 0.25) is 0 Å². The van der Waals surface area contributed by atoms with Gasteiger partial charge in [-0.3, -0.25) is 4.98 Å². The first-order chi connectivity index (χ1) is 8.79. The van der Waals surface area contributed by atoms with Crippen molar-refractivity contribution in [2.75, 3.05) is 18.0 Å². The molecule has 0 spiro atoms. The lowest BCUT2D eigenvalue weighted by molar-refractivity contribution is 0.154. The molecule has 3 rings (SSSR count). The number of piperidine rings is 1. The quantitative estimate of drug-likeness (QED) is 0.792. The second-order valence-corrected chi connectivity index (χ2v) is 4.61. The number of aromatic amines is 1. The lowest BCUT2D eigenvalue weighted by Crippen LogP contribution is -2.38. The number of fused-ring (bicyclic) bond motifs is 1. The van der Waals surface area contributed by atoms with E-state index < -0.39 is 0 Å². The van der Waals surface area contributed by atoms with Crippen LogP contribution in [-0.4, -0.2) is 34.3 Å². The van der Waals surface area contributed by atoms with E-state index in [0.717, 1.165) is 30.6 Å². The van der Waals surface area contributed by atoms with Gasteiger partial charge in [0.05, 0.1) is 22.9 Å². The first-order valence-corrected chi connectivity index (χ1v) is 6.09. The Labute approximate surface area is 105 Å². The van der Waals surface area contributed by atoms with Gasteiger partial charge in [-0.2, -0.15) is 5.26 Å². The van der Waals surface area contributed by atoms with E-state index in [-0.39, 0.29) is 6.10 Å². The molecule has 0 aliphatic carbocycles. The fourth-order valence-corrected chi connectivity index (χ4v) is 2.53. The highest BCUT2D eigenvalue weighted by molar-refractivity contribution is 5.92. The van der Waals surface area contributed by atoms with Crippen molar-refractivity contribution < 1.29 is 5.11 Å². The van der Waals surface area contributed by atoms with Crippen LogP contribution in [0, 0.1) is 11.3 Å². The van der Waals surface area contributed by atoms with Crippen LogP contribution in [0.3, 0.4) is 0 Å². The van der Waals surface area contributed by atoms with E-state index >= 15 is 0 Å². The molecular formula is C13H14N4O. The van der Waals surface area contributed by atoms with Crippen LogP contribution in [0.4, 0.5) is 5.69 Å². The molecule has 0 radical (unpaired) electrons. The Balaban J connectivity index is 2.07. The SMILES string of the molecule is N#Cc1c[nH]c2c(N3CCCC(O)C3)ccnc12. The molecule has 0 aromatic carbocycles. The van der Waals surface area contributed by atoms with Gasteiger partial charge in [-0.25, -0.2) is 0 Å². The normalized spacial score (nSPS) is 20.0. The third-order valence-electron chi connectivity index (χ3n) is 3.40. The molecule has 1 fully saturated rings. The van der Waals surface area contributed by atoms with Crippen LogP contribution in [0.25, 0.3) is 11.0 Å². The smallest absolute Gasteiger partial charge is 0.108 e. The molecule has 2 aromatic heterocycles. The zero-order chi connectivity index (χ0) is 12.5. The van der Waals surface area contributed by atoms with E-state index in [0.29, 0.717) is 17.6 Å². The molecule has 3 heterocycles. The number of pyridine rings is 1. The number of H-pyrrole nitrogens is 1. The molecule has 5 nitrogen and oxygen atoms in total. The Hall–Kier alpha value is -2.06. The topological polar surface area (TPSA) is 75.9 Å². The molecule has 2 aromatic rings. The van der Waals surface area contributed by atoms with Crippen molar-refractivity contribution in [3.05, 3.63) is 24.0 Å². The summed E-state index contributed by atoms with van der Waals surface area (Å²) in [6.45, 7) is 1.57. The summed E-state index contributed by atoms with van der Waals surface area (Å²) >= 11 is 0. The second kappa shape index (κ2) is 4.31. The van der Waals surface area contributed by atoms with Crippen LogP contribution in [0.15, 0.2) is 18.5 Å². The van der Waals surface area contributed by atoms with Crippen molar-refractivity contribution >= 4 is 16.7 Å². The van der Waals surface area contributed by atoms with Gasteiger partial charge < -0.3 is 15.0 Å². The minimum atomic E-state index is -0.271. The average Bonchev–Trinajstić information content (AvgIpc) is 2.81. The fourth-order valence-electron chi connectivity index (χ4n) is 2.53. The number of rotatable bonds is 1. The van der Waals surface area contributed by atoms with Crippen molar-refractivity contribution in [3.8, 4) is 6.07 Å². The summed E-state index contributed by atoms with van der Waals surface area (Å²) in [5.74, 6) is 0. The van der Waals surface area contributed by atoms with Gasteiger partial charge in [0.25, 0.3) is 0 Å². The zero-order valence-corrected chi connectivity index (χ0v) is 9.93. The zero-order valence-electron chi connectivity index (χ0n) is 9.93. The molecule has 1 aliphatic rings. The molecule has 5 heteroatoms. The lowest BCUT2D eigenvalue weighted by atomic mass is 10.1. The van der Waals surface area contributed by atoms with Gasteiger partial charge >= 0.3 is 0 Å². The Morgan fingerprint density at radius 1 is 1.56 bits per heavy atom. The third kappa shape index (κ3) is 1.71. The van der Waals surface area contributed by atoms with E-state index in [9.17, 15) is 5.11 Å². The Bertz CT molecular complexity index is 613. The molecular weight excluding hydrogens is 228 g/mol. The molecule has 2 N–H and O–H groups in total. The van der Waals surface area contributed by atoms with Crippen molar-refractivity contribution in [1.29, 1.82) is 5.26 Å². The first kappa shape index (κ1) is 11.1. The first-order valence-electron chi connectivity index (χ1n) is 6.09. The molecule has 0 saturated carbocycles. The molecule has 0 amide bonds. The van der Waals surface area contributed by atoms with Crippen LogP contribution in [0.5, 0.6) is 0 Å². The lowest BCUT2D eigenvalue weighted by Gasteiger charge is -2.32. The van der Waals surface area contributed by atoms with E-state index in [4.69, 9.17) is 5.26 Å². The number of aromatic nitrogens is 2. The molecule has 18 heavy (non-hydrogen) atoms. The number of aliphatic hydroxyl groups excluding tert-OH is 1. The van der Waals surface area contributed by atoms with Crippen molar-refractivity contribution in [2.24, 2.45) is 0 Å². The van der Waals surface area contributed by atoms with Gasteiger partial charge in [-0.1, -0.05) is 0 Å². The highest BCUT2D eigenvalue weighted by Crippen LogP contribution is 2.28. The highest BCUT2D eigenvalue weighted by atomic mass is 16.3. The number of β-amino-alcohol motifs (C(OH)–C–C–N with tert-alkyl or cyclic N) is 1. The number of aliphatic hydroxyl groups is 1. The van der Waals surface area contributed by atoms with Crippen LogP contribution in [0.1, 0.15) is 18.4 Å². The number of nitrogens with one attached hydrogen (secondary N) is 1. The number of hydrogen-bond donors (Lipinski definition) is 2. The minimum absolute atomic E-state index is 0.271. The van der Waals surface area contributed by atoms with E-state index in [1.54, 1.807) is 12.4 Å². The molecule has 1 aliphatic heterocycles.